The maximum absolute atomic E-state index is 9.53. The van der Waals surface area contributed by atoms with Gasteiger partial charge in [0.2, 0.25) is 0 Å². The highest BCUT2D eigenvalue weighted by Gasteiger charge is 2.18. The molecular weight excluding hydrogens is 436 g/mol. The summed E-state index contributed by atoms with van der Waals surface area (Å²) in [6, 6.07) is 17.2. The summed E-state index contributed by atoms with van der Waals surface area (Å²) in [6.45, 7) is 0.703. The molecule has 2 aromatic carbocycles. The Labute approximate surface area is 197 Å². The molecule has 0 fully saturated rings. The van der Waals surface area contributed by atoms with Crippen molar-refractivity contribution in [1.82, 2.24) is 15.2 Å². The molecule has 0 spiro atoms. The number of benzene rings is 2. The molecule has 0 aliphatic carbocycles. The highest BCUT2D eigenvalue weighted by atomic mass is 35.5. The number of nitrogen functional groups attached to an aromatic ring is 1. The SMILES string of the molecule is COc1ccc(Cc2nnc(N(C)CCc3ccccn3)c3ccc(C#N)c(N)c23)cc1Cl. The zero-order valence-corrected chi connectivity index (χ0v) is 19.2. The normalized spacial score (nSPS) is 10.7. The summed E-state index contributed by atoms with van der Waals surface area (Å²) in [5.74, 6) is 1.31. The average Bonchev–Trinajstić information content (AvgIpc) is 2.83. The van der Waals surface area contributed by atoms with Gasteiger partial charge < -0.3 is 15.4 Å². The first-order chi connectivity index (χ1) is 16.0. The quantitative estimate of drug-likeness (QED) is 0.409. The first-order valence-electron chi connectivity index (χ1n) is 10.4. The van der Waals surface area contributed by atoms with E-state index in [0.717, 1.165) is 28.5 Å². The Balaban J connectivity index is 1.73. The van der Waals surface area contributed by atoms with Crippen LogP contribution in [0.25, 0.3) is 10.8 Å². The van der Waals surface area contributed by atoms with Crippen LogP contribution in [0.5, 0.6) is 5.75 Å². The Morgan fingerprint density at radius 2 is 2.00 bits per heavy atom. The number of likely N-dealkylation sites (N-methyl/N-ethyl adjacent to an activating group) is 1. The lowest BCUT2D eigenvalue weighted by molar-refractivity contribution is 0.415. The summed E-state index contributed by atoms with van der Waals surface area (Å²) < 4.78 is 5.24. The lowest BCUT2D eigenvalue weighted by Gasteiger charge is -2.21. The molecule has 166 valence electrons. The van der Waals surface area contributed by atoms with Gasteiger partial charge in [-0.3, -0.25) is 4.98 Å². The van der Waals surface area contributed by atoms with Gasteiger partial charge in [0.05, 0.1) is 29.1 Å². The molecule has 7 nitrogen and oxygen atoms in total. The summed E-state index contributed by atoms with van der Waals surface area (Å²) in [5.41, 5.74) is 9.86. The molecule has 2 aromatic heterocycles. The molecule has 4 aromatic rings. The summed E-state index contributed by atoms with van der Waals surface area (Å²) in [4.78, 5) is 6.42. The molecule has 33 heavy (non-hydrogen) atoms. The second-order valence-corrected chi connectivity index (χ2v) is 8.08. The Morgan fingerprint density at radius 3 is 2.70 bits per heavy atom. The Kier molecular flexibility index (Phi) is 6.57. The van der Waals surface area contributed by atoms with Crippen molar-refractivity contribution in [2.75, 3.05) is 31.3 Å². The average molecular weight is 459 g/mol. The number of nitrogens with zero attached hydrogens (tertiary/aromatic N) is 5. The molecule has 0 amide bonds. The minimum absolute atomic E-state index is 0.402. The highest BCUT2D eigenvalue weighted by Crippen LogP contribution is 2.34. The minimum atomic E-state index is 0.402. The second kappa shape index (κ2) is 9.72. The maximum Gasteiger partial charge on any atom is 0.159 e. The van der Waals surface area contributed by atoms with Gasteiger partial charge in [0.1, 0.15) is 11.8 Å². The molecule has 0 radical (unpaired) electrons. The van der Waals surface area contributed by atoms with Crippen molar-refractivity contribution in [3.05, 3.63) is 82.3 Å². The number of methoxy groups -OCH3 is 1. The fourth-order valence-electron chi connectivity index (χ4n) is 3.78. The lowest BCUT2D eigenvalue weighted by atomic mass is 10.00. The van der Waals surface area contributed by atoms with Gasteiger partial charge in [-0.2, -0.15) is 10.4 Å². The van der Waals surface area contributed by atoms with Crippen LogP contribution in [-0.2, 0) is 12.8 Å². The first-order valence-corrected chi connectivity index (χ1v) is 10.8. The van der Waals surface area contributed by atoms with E-state index in [-0.39, 0.29) is 0 Å². The molecule has 0 atom stereocenters. The molecule has 0 bridgehead atoms. The molecular formula is C25H23ClN6O. The number of fused-ring (bicyclic) bond motifs is 1. The minimum Gasteiger partial charge on any atom is -0.495 e. The number of ether oxygens (including phenoxy) is 1. The van der Waals surface area contributed by atoms with Crippen LogP contribution in [0, 0.1) is 11.3 Å². The van der Waals surface area contributed by atoms with E-state index in [1.165, 1.54) is 0 Å². The van der Waals surface area contributed by atoms with Crippen LogP contribution >= 0.6 is 11.6 Å². The van der Waals surface area contributed by atoms with Gasteiger partial charge >= 0.3 is 0 Å². The fraction of sp³-hybridized carbons (Fsp3) is 0.200. The molecule has 0 unspecified atom stereocenters. The summed E-state index contributed by atoms with van der Waals surface area (Å²) in [7, 11) is 3.54. The van der Waals surface area contributed by atoms with Crippen molar-refractivity contribution in [2.45, 2.75) is 12.8 Å². The summed E-state index contributed by atoms with van der Waals surface area (Å²) in [6.07, 6.45) is 3.01. The van der Waals surface area contributed by atoms with E-state index in [2.05, 4.69) is 21.3 Å². The molecule has 4 rings (SSSR count). The van der Waals surface area contributed by atoms with Crippen molar-refractivity contribution in [3.8, 4) is 11.8 Å². The molecule has 2 N–H and O–H groups in total. The van der Waals surface area contributed by atoms with Crippen LogP contribution in [0.15, 0.2) is 54.7 Å². The summed E-state index contributed by atoms with van der Waals surface area (Å²) in [5, 5.41) is 20.7. The standard InChI is InChI=1S/C25H23ClN6O/c1-32(12-10-18-5-3-4-11-29-18)25-19-8-7-17(15-27)24(28)23(19)21(30-31-25)14-16-6-9-22(33-2)20(26)13-16/h3-9,11,13H,10,12,14,28H2,1-2H3. The number of pyridine rings is 1. The van der Waals surface area contributed by atoms with Gasteiger partial charge in [-0.05, 0) is 42.0 Å². The largest absolute Gasteiger partial charge is 0.495 e. The van der Waals surface area contributed by atoms with Crippen LogP contribution in [0.2, 0.25) is 5.02 Å². The van der Waals surface area contributed by atoms with E-state index >= 15 is 0 Å². The van der Waals surface area contributed by atoms with E-state index in [9.17, 15) is 5.26 Å². The number of rotatable bonds is 7. The molecule has 0 saturated carbocycles. The zero-order valence-electron chi connectivity index (χ0n) is 18.4. The molecule has 8 heteroatoms. The van der Waals surface area contributed by atoms with Crippen molar-refractivity contribution >= 4 is 33.9 Å². The predicted molar refractivity (Wildman–Crippen MR) is 131 cm³/mol. The smallest absolute Gasteiger partial charge is 0.159 e. The van der Waals surface area contributed by atoms with Crippen LogP contribution < -0.4 is 15.4 Å². The van der Waals surface area contributed by atoms with E-state index in [1.54, 1.807) is 19.4 Å². The van der Waals surface area contributed by atoms with Gasteiger partial charge in [0.25, 0.3) is 0 Å². The van der Waals surface area contributed by atoms with Crippen molar-refractivity contribution in [2.24, 2.45) is 0 Å². The van der Waals surface area contributed by atoms with Crippen molar-refractivity contribution < 1.29 is 4.74 Å². The highest BCUT2D eigenvalue weighted by molar-refractivity contribution is 6.32. The number of nitriles is 1. The lowest BCUT2D eigenvalue weighted by Crippen LogP contribution is -2.23. The number of nitrogens with two attached hydrogens (primary N) is 1. The maximum atomic E-state index is 9.53. The van der Waals surface area contributed by atoms with Gasteiger partial charge in [0, 0.05) is 49.1 Å². The topological polar surface area (TPSA) is 101 Å². The Morgan fingerprint density at radius 1 is 1.15 bits per heavy atom. The number of anilines is 2. The molecule has 0 aliphatic heterocycles. The van der Waals surface area contributed by atoms with E-state index in [4.69, 9.17) is 22.1 Å². The Hall–Kier alpha value is -3.89. The second-order valence-electron chi connectivity index (χ2n) is 7.67. The number of hydrogen-bond donors (Lipinski definition) is 1. The predicted octanol–water partition coefficient (Wildman–Crippen LogP) is 4.41. The van der Waals surface area contributed by atoms with Gasteiger partial charge in [-0.25, -0.2) is 0 Å². The zero-order chi connectivity index (χ0) is 23.4. The number of hydrogen-bond acceptors (Lipinski definition) is 7. The Bertz CT molecular complexity index is 1340. The van der Waals surface area contributed by atoms with Crippen LogP contribution in [0.1, 0.15) is 22.5 Å². The van der Waals surface area contributed by atoms with E-state index in [0.29, 0.717) is 46.5 Å². The van der Waals surface area contributed by atoms with E-state index in [1.807, 2.05) is 54.4 Å². The van der Waals surface area contributed by atoms with E-state index < -0.39 is 0 Å². The first kappa shape index (κ1) is 22.3. The third-order valence-electron chi connectivity index (χ3n) is 5.54. The number of halogens is 1. The van der Waals surface area contributed by atoms with Crippen LogP contribution in [0.4, 0.5) is 11.5 Å². The third-order valence-corrected chi connectivity index (χ3v) is 5.84. The van der Waals surface area contributed by atoms with Crippen LogP contribution in [-0.4, -0.2) is 35.9 Å². The third kappa shape index (κ3) is 4.66. The summed E-state index contributed by atoms with van der Waals surface area (Å²) >= 11 is 6.30. The molecule has 0 saturated heterocycles. The van der Waals surface area contributed by atoms with Crippen molar-refractivity contribution in [1.29, 1.82) is 5.26 Å². The fourth-order valence-corrected chi connectivity index (χ4v) is 4.06. The van der Waals surface area contributed by atoms with Gasteiger partial charge in [-0.1, -0.05) is 23.7 Å². The molecule has 0 aliphatic rings. The van der Waals surface area contributed by atoms with Gasteiger partial charge in [-0.15, -0.1) is 5.10 Å². The number of aromatic nitrogens is 3. The van der Waals surface area contributed by atoms with Crippen LogP contribution in [0.3, 0.4) is 0 Å². The van der Waals surface area contributed by atoms with Crippen molar-refractivity contribution in [3.63, 3.8) is 0 Å². The van der Waals surface area contributed by atoms with Gasteiger partial charge in [0.15, 0.2) is 5.82 Å². The molecule has 2 heterocycles. The monoisotopic (exact) mass is 458 g/mol.